The average molecular weight is 639 g/mol. The zero-order valence-corrected chi connectivity index (χ0v) is 27.3. The SMILES string of the molecule is CCOC(=O)COc1ccc(/C=c2\sc3n(c2=O)[C@H](c2ccc(OC(C)C)c(OC)c2)C(C(=O)OCC)=C(C)N=3)cc1OCC. The van der Waals surface area contributed by atoms with E-state index in [0.717, 1.165) is 0 Å². The zero-order chi connectivity index (χ0) is 32.7. The third-order valence-corrected chi connectivity index (χ3v) is 7.58. The second kappa shape index (κ2) is 14.9. The minimum atomic E-state index is -0.818. The lowest BCUT2D eigenvalue weighted by Gasteiger charge is -2.25. The lowest BCUT2D eigenvalue weighted by molar-refractivity contribution is -0.145. The Labute approximate surface area is 265 Å². The van der Waals surface area contributed by atoms with Crippen molar-refractivity contribution in [1.82, 2.24) is 4.57 Å². The Bertz CT molecular complexity index is 1770. The van der Waals surface area contributed by atoms with Gasteiger partial charge in [0.2, 0.25) is 0 Å². The van der Waals surface area contributed by atoms with Crippen molar-refractivity contribution in [2.24, 2.45) is 4.99 Å². The van der Waals surface area contributed by atoms with Crippen LogP contribution < -0.4 is 33.8 Å². The highest BCUT2D eigenvalue weighted by molar-refractivity contribution is 7.07. The predicted octanol–water partition coefficient (Wildman–Crippen LogP) is 3.93. The summed E-state index contributed by atoms with van der Waals surface area (Å²) in [5, 5.41) is 0. The molecule has 0 spiro atoms. The number of methoxy groups -OCH3 is 1. The number of carbonyl (C=O) groups is 2. The minimum Gasteiger partial charge on any atom is -0.493 e. The van der Waals surface area contributed by atoms with E-state index < -0.39 is 18.0 Å². The first-order valence-electron chi connectivity index (χ1n) is 14.7. The second-order valence-corrected chi connectivity index (χ2v) is 11.1. The van der Waals surface area contributed by atoms with Crippen molar-refractivity contribution in [2.75, 3.05) is 33.5 Å². The molecule has 0 saturated carbocycles. The number of nitrogens with zero attached hydrogens (tertiary/aromatic N) is 2. The fourth-order valence-electron chi connectivity index (χ4n) is 4.81. The predicted molar refractivity (Wildman–Crippen MR) is 169 cm³/mol. The van der Waals surface area contributed by atoms with Crippen molar-refractivity contribution in [3.05, 3.63) is 78.5 Å². The maximum atomic E-state index is 14.1. The fraction of sp³-hybridized carbons (Fsp3) is 0.394. The lowest BCUT2D eigenvalue weighted by atomic mass is 9.95. The van der Waals surface area contributed by atoms with Gasteiger partial charge in [-0.2, -0.15) is 0 Å². The number of fused-ring (bicyclic) bond motifs is 1. The van der Waals surface area contributed by atoms with Gasteiger partial charge in [0.1, 0.15) is 0 Å². The highest BCUT2D eigenvalue weighted by Crippen LogP contribution is 2.36. The molecule has 0 aliphatic carbocycles. The molecule has 45 heavy (non-hydrogen) atoms. The standard InChI is InChI=1S/C33H38N2O9S/c1-8-40-26-15-21(11-13-23(26)43-18-28(36)41-9-2)16-27-31(37)35-30(22-12-14-24(44-19(4)5)25(17-22)39-7)29(32(38)42-10-3)20(6)34-33(35)45-27/h11-17,19,30H,8-10,18H2,1-7H3/b27-16-/t30-/m1/s1. The third kappa shape index (κ3) is 7.56. The van der Waals surface area contributed by atoms with Crippen LogP contribution in [-0.2, 0) is 19.1 Å². The van der Waals surface area contributed by atoms with Crippen LogP contribution in [0.4, 0.5) is 0 Å². The van der Waals surface area contributed by atoms with E-state index in [1.54, 1.807) is 57.2 Å². The van der Waals surface area contributed by atoms with Gasteiger partial charge in [0.15, 0.2) is 34.4 Å². The Hall–Kier alpha value is -4.58. The topological polar surface area (TPSA) is 124 Å². The summed E-state index contributed by atoms with van der Waals surface area (Å²) in [6.07, 6.45) is 1.64. The molecule has 2 heterocycles. The van der Waals surface area contributed by atoms with Gasteiger partial charge in [0, 0.05) is 0 Å². The lowest BCUT2D eigenvalue weighted by Crippen LogP contribution is -2.40. The van der Waals surface area contributed by atoms with Gasteiger partial charge in [-0.3, -0.25) is 9.36 Å². The molecule has 4 rings (SSSR count). The molecule has 3 aromatic rings. The Balaban J connectivity index is 1.83. The molecule has 0 bridgehead atoms. The Morgan fingerprint density at radius 2 is 1.69 bits per heavy atom. The van der Waals surface area contributed by atoms with Crippen molar-refractivity contribution in [3.8, 4) is 23.0 Å². The summed E-state index contributed by atoms with van der Waals surface area (Å²) in [6, 6.07) is 9.68. The van der Waals surface area contributed by atoms with Crippen LogP contribution >= 0.6 is 11.3 Å². The molecule has 0 fully saturated rings. The largest absolute Gasteiger partial charge is 0.493 e. The first-order valence-corrected chi connectivity index (χ1v) is 15.5. The molecule has 1 aliphatic heterocycles. The van der Waals surface area contributed by atoms with Crippen LogP contribution in [0.5, 0.6) is 23.0 Å². The number of carbonyl (C=O) groups excluding carboxylic acids is 2. The van der Waals surface area contributed by atoms with E-state index in [9.17, 15) is 14.4 Å². The first-order chi connectivity index (χ1) is 21.6. The minimum absolute atomic E-state index is 0.0823. The maximum Gasteiger partial charge on any atom is 0.344 e. The zero-order valence-electron chi connectivity index (χ0n) is 26.5. The molecule has 12 heteroatoms. The van der Waals surface area contributed by atoms with Gasteiger partial charge >= 0.3 is 11.9 Å². The number of hydrogen-bond donors (Lipinski definition) is 0. The van der Waals surface area contributed by atoms with Gasteiger partial charge in [-0.25, -0.2) is 14.6 Å². The molecule has 0 amide bonds. The Morgan fingerprint density at radius 3 is 2.36 bits per heavy atom. The van der Waals surface area contributed by atoms with Crippen molar-refractivity contribution in [1.29, 1.82) is 0 Å². The summed E-state index contributed by atoms with van der Waals surface area (Å²) in [5.41, 5.74) is 1.68. The number of allylic oxidation sites excluding steroid dienone is 1. The van der Waals surface area contributed by atoms with E-state index in [2.05, 4.69) is 4.99 Å². The van der Waals surface area contributed by atoms with Gasteiger partial charge < -0.3 is 28.4 Å². The van der Waals surface area contributed by atoms with E-state index in [1.165, 1.54) is 23.0 Å². The quantitative estimate of drug-likeness (QED) is 0.256. The van der Waals surface area contributed by atoms with Crippen molar-refractivity contribution < 1.29 is 38.0 Å². The van der Waals surface area contributed by atoms with Crippen LogP contribution in [0.15, 0.2) is 57.5 Å². The number of esters is 2. The van der Waals surface area contributed by atoms with Crippen LogP contribution in [0.1, 0.15) is 58.7 Å². The number of aromatic nitrogens is 1. The van der Waals surface area contributed by atoms with Crippen molar-refractivity contribution in [2.45, 2.75) is 53.7 Å². The number of hydrogen-bond acceptors (Lipinski definition) is 11. The molecule has 0 unspecified atom stereocenters. The van der Waals surface area contributed by atoms with Gasteiger partial charge in [-0.1, -0.05) is 23.5 Å². The number of thiazole rings is 1. The molecule has 0 radical (unpaired) electrons. The van der Waals surface area contributed by atoms with E-state index in [-0.39, 0.29) is 37.1 Å². The van der Waals surface area contributed by atoms with Crippen molar-refractivity contribution >= 4 is 29.4 Å². The molecule has 2 aromatic carbocycles. The summed E-state index contributed by atoms with van der Waals surface area (Å²) in [7, 11) is 1.54. The van der Waals surface area contributed by atoms with Crippen LogP contribution in [-0.4, -0.2) is 56.1 Å². The normalized spacial score (nSPS) is 14.5. The molecule has 1 aliphatic rings. The number of benzene rings is 2. The molecule has 0 N–H and O–H groups in total. The molecule has 1 aromatic heterocycles. The number of ether oxygens (including phenoxy) is 6. The van der Waals surface area contributed by atoms with Crippen LogP contribution in [0.3, 0.4) is 0 Å². The van der Waals surface area contributed by atoms with Crippen LogP contribution in [0.25, 0.3) is 6.08 Å². The van der Waals surface area contributed by atoms with Gasteiger partial charge in [-0.05, 0) is 83.0 Å². The Morgan fingerprint density at radius 1 is 0.956 bits per heavy atom. The molecule has 0 saturated heterocycles. The van der Waals surface area contributed by atoms with Crippen LogP contribution in [0.2, 0.25) is 0 Å². The highest BCUT2D eigenvalue weighted by Gasteiger charge is 2.34. The summed E-state index contributed by atoms with van der Waals surface area (Å²) in [5.74, 6) is 0.752. The van der Waals surface area contributed by atoms with Crippen LogP contribution in [0, 0.1) is 0 Å². The molecule has 11 nitrogen and oxygen atoms in total. The van der Waals surface area contributed by atoms with E-state index in [0.29, 0.717) is 55.8 Å². The number of rotatable bonds is 13. The molecule has 240 valence electrons. The summed E-state index contributed by atoms with van der Waals surface area (Å²) in [4.78, 5) is 44.2. The average Bonchev–Trinajstić information content (AvgIpc) is 3.30. The summed E-state index contributed by atoms with van der Waals surface area (Å²) >= 11 is 1.20. The molecule has 1 atom stereocenters. The second-order valence-electron chi connectivity index (χ2n) is 10.1. The van der Waals surface area contributed by atoms with Gasteiger partial charge in [0.25, 0.3) is 5.56 Å². The fourth-order valence-corrected chi connectivity index (χ4v) is 5.85. The van der Waals surface area contributed by atoms with E-state index in [4.69, 9.17) is 28.4 Å². The monoisotopic (exact) mass is 638 g/mol. The molecular weight excluding hydrogens is 600 g/mol. The molecular formula is C33H38N2O9S. The van der Waals surface area contributed by atoms with Gasteiger partial charge in [-0.15, -0.1) is 0 Å². The summed E-state index contributed by atoms with van der Waals surface area (Å²) < 4.78 is 35.1. The smallest absolute Gasteiger partial charge is 0.344 e. The summed E-state index contributed by atoms with van der Waals surface area (Å²) in [6.45, 7) is 11.4. The maximum absolute atomic E-state index is 14.1. The third-order valence-electron chi connectivity index (χ3n) is 6.60. The van der Waals surface area contributed by atoms with Crippen molar-refractivity contribution in [3.63, 3.8) is 0 Å². The first kappa shape index (κ1) is 33.3. The van der Waals surface area contributed by atoms with Gasteiger partial charge in [0.05, 0.1) is 54.9 Å². The highest BCUT2D eigenvalue weighted by atomic mass is 32.1. The van der Waals surface area contributed by atoms with E-state index >= 15 is 0 Å². The van der Waals surface area contributed by atoms with E-state index in [1.807, 2.05) is 26.8 Å². The Kier molecular flexibility index (Phi) is 11.1.